The number of hydrogen-bond acceptors (Lipinski definition) is 2. The molecule has 0 amide bonds. The molecule has 1 heterocycles. The molecule has 0 saturated carbocycles. The van der Waals surface area contributed by atoms with Gasteiger partial charge < -0.3 is 15.4 Å². The lowest BCUT2D eigenvalue weighted by Gasteiger charge is -2.21. The number of rotatable bonds is 5. The number of H-pyrrole nitrogens is 1. The van der Waals surface area contributed by atoms with Crippen molar-refractivity contribution in [1.82, 2.24) is 4.98 Å². The predicted octanol–water partition coefficient (Wildman–Crippen LogP) is 4.82. The molecule has 0 unspecified atom stereocenters. The van der Waals surface area contributed by atoms with Gasteiger partial charge in [-0.3, -0.25) is 0 Å². The Balaban J connectivity index is 1.75. The third-order valence-electron chi connectivity index (χ3n) is 4.50. The molecule has 0 aliphatic carbocycles. The molecule has 0 saturated heterocycles. The molecular weight excluding hydrogens is 312 g/mol. The molecule has 3 rings (SSSR count). The Labute approximate surface area is 147 Å². The van der Waals surface area contributed by atoms with Crippen LogP contribution in [0.3, 0.4) is 0 Å². The first-order chi connectivity index (χ1) is 11.9. The fraction of sp³-hybridized carbons (Fsp3) is 0.286. The monoisotopic (exact) mass is 336 g/mol. The summed E-state index contributed by atoms with van der Waals surface area (Å²) in [5.74, 6) is -0.902. The molecule has 4 heteroatoms. The molecule has 25 heavy (non-hydrogen) atoms. The molecule has 1 aromatic heterocycles. The molecule has 3 aromatic rings. The normalized spacial score (nSPS) is 11.6. The number of carboxylic acids is 1. The van der Waals surface area contributed by atoms with Gasteiger partial charge in [-0.1, -0.05) is 45.0 Å². The summed E-state index contributed by atoms with van der Waals surface area (Å²) in [6.07, 6.45) is 2.84. The molecule has 4 nitrogen and oxygen atoms in total. The van der Waals surface area contributed by atoms with Gasteiger partial charge in [0, 0.05) is 29.3 Å². The Hall–Kier alpha value is -2.75. The van der Waals surface area contributed by atoms with Gasteiger partial charge in [-0.15, -0.1) is 0 Å². The van der Waals surface area contributed by atoms with E-state index < -0.39 is 5.97 Å². The van der Waals surface area contributed by atoms with Gasteiger partial charge in [0.25, 0.3) is 0 Å². The van der Waals surface area contributed by atoms with E-state index in [1.165, 1.54) is 10.9 Å². The second-order valence-corrected chi connectivity index (χ2v) is 7.35. The van der Waals surface area contributed by atoms with E-state index in [-0.39, 0.29) is 5.41 Å². The molecule has 130 valence electrons. The minimum absolute atomic E-state index is 0.0766. The van der Waals surface area contributed by atoms with Crippen LogP contribution in [0.1, 0.15) is 42.3 Å². The molecule has 0 aliphatic heterocycles. The van der Waals surface area contributed by atoms with Crippen molar-refractivity contribution >= 4 is 22.6 Å². The predicted molar refractivity (Wildman–Crippen MR) is 103 cm³/mol. The average molecular weight is 336 g/mol. The van der Waals surface area contributed by atoms with E-state index in [1.807, 2.05) is 30.5 Å². The summed E-state index contributed by atoms with van der Waals surface area (Å²) >= 11 is 0. The van der Waals surface area contributed by atoms with Crippen molar-refractivity contribution < 1.29 is 9.90 Å². The van der Waals surface area contributed by atoms with Crippen molar-refractivity contribution in [3.63, 3.8) is 0 Å². The lowest BCUT2D eigenvalue weighted by molar-refractivity contribution is 0.0698. The van der Waals surface area contributed by atoms with Gasteiger partial charge in [0.15, 0.2) is 0 Å². The van der Waals surface area contributed by atoms with Gasteiger partial charge in [-0.05, 0) is 41.2 Å². The first kappa shape index (κ1) is 17.1. The lowest BCUT2D eigenvalue weighted by Crippen LogP contribution is -2.15. The minimum Gasteiger partial charge on any atom is -0.478 e. The number of para-hydroxylation sites is 1. The maximum atomic E-state index is 11.6. The summed E-state index contributed by atoms with van der Waals surface area (Å²) < 4.78 is 0. The van der Waals surface area contributed by atoms with Gasteiger partial charge in [0.2, 0.25) is 0 Å². The summed E-state index contributed by atoms with van der Waals surface area (Å²) in [4.78, 5) is 14.9. The Bertz CT molecular complexity index is 904. The molecule has 0 aliphatic rings. The van der Waals surface area contributed by atoms with Crippen LogP contribution in [0.5, 0.6) is 0 Å². The van der Waals surface area contributed by atoms with Crippen LogP contribution in [0.15, 0.2) is 48.7 Å². The van der Waals surface area contributed by atoms with Crippen LogP contribution in [0.2, 0.25) is 0 Å². The second kappa shape index (κ2) is 6.63. The number of aromatic nitrogens is 1. The van der Waals surface area contributed by atoms with Crippen LogP contribution < -0.4 is 5.32 Å². The highest BCUT2D eigenvalue weighted by molar-refractivity contribution is 5.94. The zero-order chi connectivity index (χ0) is 18.0. The lowest BCUT2D eigenvalue weighted by atomic mass is 9.86. The van der Waals surface area contributed by atoms with Crippen LogP contribution in [-0.4, -0.2) is 22.6 Å². The maximum Gasteiger partial charge on any atom is 0.337 e. The van der Waals surface area contributed by atoms with E-state index >= 15 is 0 Å². The highest BCUT2D eigenvalue weighted by atomic mass is 16.4. The number of carboxylic acid groups (broad SMARTS) is 1. The first-order valence-corrected chi connectivity index (χ1v) is 8.53. The van der Waals surface area contributed by atoms with Crippen LogP contribution in [0.25, 0.3) is 10.9 Å². The van der Waals surface area contributed by atoms with E-state index in [4.69, 9.17) is 0 Å². The fourth-order valence-corrected chi connectivity index (χ4v) is 3.01. The number of carbonyl (C=O) groups is 1. The van der Waals surface area contributed by atoms with Gasteiger partial charge in [-0.25, -0.2) is 4.79 Å². The van der Waals surface area contributed by atoms with Crippen molar-refractivity contribution in [1.29, 1.82) is 0 Å². The number of hydrogen-bond donors (Lipinski definition) is 3. The number of aromatic amines is 1. The summed E-state index contributed by atoms with van der Waals surface area (Å²) in [6.45, 7) is 6.92. The highest BCUT2D eigenvalue weighted by Gasteiger charge is 2.18. The minimum atomic E-state index is -0.902. The van der Waals surface area contributed by atoms with E-state index in [1.54, 1.807) is 6.07 Å². The van der Waals surface area contributed by atoms with Crippen LogP contribution >= 0.6 is 0 Å². The molecular formula is C21H24N2O2. The fourth-order valence-electron chi connectivity index (χ4n) is 3.01. The number of benzene rings is 2. The Morgan fingerprint density at radius 3 is 2.64 bits per heavy atom. The van der Waals surface area contributed by atoms with Crippen molar-refractivity contribution in [2.75, 3.05) is 11.9 Å². The smallest absolute Gasteiger partial charge is 0.337 e. The van der Waals surface area contributed by atoms with E-state index in [2.05, 4.69) is 43.2 Å². The molecule has 0 spiro atoms. The van der Waals surface area contributed by atoms with E-state index in [0.717, 1.165) is 17.5 Å². The second-order valence-electron chi connectivity index (χ2n) is 7.35. The molecule has 2 aromatic carbocycles. The highest BCUT2D eigenvalue weighted by Crippen LogP contribution is 2.27. The van der Waals surface area contributed by atoms with Gasteiger partial charge in [0.05, 0.1) is 5.56 Å². The van der Waals surface area contributed by atoms with Gasteiger partial charge in [-0.2, -0.15) is 0 Å². The summed E-state index contributed by atoms with van der Waals surface area (Å²) in [6, 6.07) is 13.8. The van der Waals surface area contributed by atoms with Crippen LogP contribution in [-0.2, 0) is 11.8 Å². The zero-order valence-corrected chi connectivity index (χ0v) is 14.9. The Morgan fingerprint density at radius 2 is 1.92 bits per heavy atom. The van der Waals surface area contributed by atoms with Crippen molar-refractivity contribution in [3.8, 4) is 0 Å². The standard InChI is InChI=1S/C21H24N2O2/c1-21(2,3)15-8-9-19(17(12-15)20(24)25)22-11-10-14-13-23-18-7-5-4-6-16(14)18/h4-9,12-13,22-23H,10-11H2,1-3H3,(H,24,25). The maximum absolute atomic E-state index is 11.6. The summed E-state index contributed by atoms with van der Waals surface area (Å²) in [5, 5.41) is 14.0. The van der Waals surface area contributed by atoms with Gasteiger partial charge in [0.1, 0.15) is 0 Å². The quantitative estimate of drug-likeness (QED) is 0.626. The molecule has 0 atom stereocenters. The van der Waals surface area contributed by atoms with Crippen molar-refractivity contribution in [2.45, 2.75) is 32.6 Å². The number of aromatic carboxylic acids is 1. The molecule has 0 bridgehead atoms. The summed E-state index contributed by atoms with van der Waals surface area (Å²) in [7, 11) is 0. The number of fused-ring (bicyclic) bond motifs is 1. The zero-order valence-electron chi connectivity index (χ0n) is 14.9. The number of nitrogens with one attached hydrogen (secondary N) is 2. The van der Waals surface area contributed by atoms with E-state index in [0.29, 0.717) is 17.8 Å². The van der Waals surface area contributed by atoms with Gasteiger partial charge >= 0.3 is 5.97 Å². The largest absolute Gasteiger partial charge is 0.478 e. The third kappa shape index (κ3) is 3.68. The third-order valence-corrected chi connectivity index (χ3v) is 4.50. The first-order valence-electron chi connectivity index (χ1n) is 8.53. The van der Waals surface area contributed by atoms with Crippen molar-refractivity contribution in [2.24, 2.45) is 0 Å². The molecule has 0 fully saturated rings. The topological polar surface area (TPSA) is 65.1 Å². The Morgan fingerprint density at radius 1 is 1.16 bits per heavy atom. The SMILES string of the molecule is CC(C)(C)c1ccc(NCCc2c[nH]c3ccccc23)c(C(=O)O)c1. The summed E-state index contributed by atoms with van der Waals surface area (Å²) in [5.41, 5.74) is 4.29. The average Bonchev–Trinajstić information content (AvgIpc) is 2.97. The van der Waals surface area contributed by atoms with E-state index in [9.17, 15) is 9.90 Å². The molecule has 3 N–H and O–H groups in total. The van der Waals surface area contributed by atoms with Crippen molar-refractivity contribution in [3.05, 3.63) is 65.4 Å². The van der Waals surface area contributed by atoms with Crippen LogP contribution in [0, 0.1) is 0 Å². The Kier molecular flexibility index (Phi) is 4.53. The molecule has 0 radical (unpaired) electrons. The van der Waals surface area contributed by atoms with Crippen LogP contribution in [0.4, 0.5) is 5.69 Å². The number of anilines is 1.